The highest BCUT2D eigenvalue weighted by molar-refractivity contribution is 5.93. The Hall–Kier alpha value is -0.850. The fraction of sp³-hybridized carbons (Fsp3) is 0.545. The summed E-state index contributed by atoms with van der Waals surface area (Å²) >= 11 is 0. The molecule has 0 amide bonds. The summed E-state index contributed by atoms with van der Waals surface area (Å²) in [6.45, 7) is 9.44. The van der Waals surface area contributed by atoms with Gasteiger partial charge in [0.2, 0.25) is 0 Å². The Morgan fingerprint density at radius 3 is 2.33 bits per heavy atom. The highest BCUT2D eigenvalue weighted by Gasteiger charge is 1.98. The fourth-order valence-electron chi connectivity index (χ4n) is 1.03. The van der Waals surface area contributed by atoms with Crippen LogP contribution in [0.3, 0.4) is 0 Å². The van der Waals surface area contributed by atoms with Crippen molar-refractivity contribution in [2.45, 2.75) is 40.0 Å². The molecule has 0 saturated heterocycles. The molecule has 0 fully saturated rings. The summed E-state index contributed by atoms with van der Waals surface area (Å²) in [5, 5.41) is 0. The molecule has 0 atom stereocenters. The van der Waals surface area contributed by atoms with Gasteiger partial charge < -0.3 is 0 Å². The Balaban J connectivity index is 3.95. The topological polar surface area (TPSA) is 17.1 Å². The lowest BCUT2D eigenvalue weighted by Crippen LogP contribution is -1.94. The number of carbonyl (C=O) groups is 1. The first-order chi connectivity index (χ1) is 5.57. The molecule has 0 bridgehead atoms. The number of Topliss-reactive ketones (excluding diaryl/α,β-unsaturated/α-hetero) is 1. The van der Waals surface area contributed by atoms with Crippen LogP contribution in [0.1, 0.15) is 40.0 Å². The van der Waals surface area contributed by atoms with Crippen molar-refractivity contribution < 1.29 is 4.79 Å². The second-order valence-electron chi connectivity index (χ2n) is 3.13. The van der Waals surface area contributed by atoms with Crippen molar-refractivity contribution in [3.63, 3.8) is 0 Å². The molecular weight excluding hydrogens is 148 g/mol. The smallest absolute Gasteiger partial charge is 0.155 e. The number of carbonyl (C=O) groups excluding carboxylic acids is 1. The van der Waals surface area contributed by atoms with Crippen molar-refractivity contribution >= 4 is 5.78 Å². The van der Waals surface area contributed by atoms with Crippen LogP contribution in [0.5, 0.6) is 0 Å². The van der Waals surface area contributed by atoms with E-state index in [1.807, 2.05) is 19.9 Å². The molecule has 12 heavy (non-hydrogen) atoms. The molecule has 68 valence electrons. The van der Waals surface area contributed by atoms with Gasteiger partial charge in [-0.3, -0.25) is 4.79 Å². The van der Waals surface area contributed by atoms with E-state index < -0.39 is 0 Å². The van der Waals surface area contributed by atoms with Crippen molar-refractivity contribution in [1.29, 1.82) is 0 Å². The van der Waals surface area contributed by atoms with Crippen LogP contribution < -0.4 is 0 Å². The van der Waals surface area contributed by atoms with E-state index in [0.29, 0.717) is 0 Å². The number of ketones is 1. The summed E-state index contributed by atoms with van der Waals surface area (Å²) in [7, 11) is 0. The van der Waals surface area contributed by atoms with Gasteiger partial charge in [0, 0.05) is 0 Å². The zero-order valence-electron chi connectivity index (χ0n) is 8.31. The molecule has 0 aliphatic carbocycles. The molecule has 0 aromatic carbocycles. The third-order valence-electron chi connectivity index (χ3n) is 1.79. The molecule has 0 N–H and O–H groups in total. The molecule has 0 radical (unpaired) electrons. The van der Waals surface area contributed by atoms with Crippen LogP contribution in [0.2, 0.25) is 0 Å². The Kier molecular flexibility index (Phi) is 5.35. The SMILES string of the molecule is C=C(C)CC/C=C(\CC)C(C)=O. The first-order valence-electron chi connectivity index (χ1n) is 4.42. The molecule has 0 aromatic rings. The predicted octanol–water partition coefficient (Wildman–Crippen LogP) is 3.27. The number of hydrogen-bond donors (Lipinski definition) is 0. The van der Waals surface area contributed by atoms with Crippen molar-refractivity contribution in [2.24, 2.45) is 0 Å². The van der Waals surface area contributed by atoms with Crippen LogP contribution in [-0.2, 0) is 4.79 Å². The zero-order valence-corrected chi connectivity index (χ0v) is 8.31. The van der Waals surface area contributed by atoms with Gasteiger partial charge >= 0.3 is 0 Å². The summed E-state index contributed by atoms with van der Waals surface area (Å²) < 4.78 is 0. The minimum atomic E-state index is 0.194. The predicted molar refractivity (Wildman–Crippen MR) is 53.1 cm³/mol. The average molecular weight is 166 g/mol. The Labute approximate surface area is 75.2 Å². The lowest BCUT2D eigenvalue weighted by molar-refractivity contribution is -0.113. The Morgan fingerprint density at radius 1 is 1.42 bits per heavy atom. The van der Waals surface area contributed by atoms with E-state index in [-0.39, 0.29) is 5.78 Å². The molecule has 1 heteroatoms. The monoisotopic (exact) mass is 166 g/mol. The van der Waals surface area contributed by atoms with Gasteiger partial charge in [0.25, 0.3) is 0 Å². The molecule has 0 unspecified atom stereocenters. The van der Waals surface area contributed by atoms with Crippen molar-refractivity contribution in [3.8, 4) is 0 Å². The first-order valence-corrected chi connectivity index (χ1v) is 4.42. The summed E-state index contributed by atoms with van der Waals surface area (Å²) in [4.78, 5) is 11.0. The van der Waals surface area contributed by atoms with Gasteiger partial charge in [-0.05, 0) is 38.7 Å². The van der Waals surface area contributed by atoms with Gasteiger partial charge in [0.05, 0.1) is 0 Å². The van der Waals surface area contributed by atoms with Crippen molar-refractivity contribution in [1.82, 2.24) is 0 Å². The average Bonchev–Trinajstić information content (AvgIpc) is 1.96. The highest BCUT2D eigenvalue weighted by atomic mass is 16.1. The van der Waals surface area contributed by atoms with E-state index in [1.165, 1.54) is 5.57 Å². The van der Waals surface area contributed by atoms with Gasteiger partial charge in [0.15, 0.2) is 5.78 Å². The van der Waals surface area contributed by atoms with Gasteiger partial charge in [-0.1, -0.05) is 18.6 Å². The van der Waals surface area contributed by atoms with Crippen molar-refractivity contribution in [2.75, 3.05) is 0 Å². The molecular formula is C11H18O. The molecule has 0 aliphatic rings. The van der Waals surface area contributed by atoms with E-state index in [0.717, 1.165) is 24.8 Å². The third kappa shape index (κ3) is 4.89. The number of allylic oxidation sites excluding steroid dienone is 3. The molecule has 0 aromatic heterocycles. The summed E-state index contributed by atoms with van der Waals surface area (Å²) in [5.41, 5.74) is 2.11. The van der Waals surface area contributed by atoms with E-state index in [4.69, 9.17) is 0 Å². The minimum Gasteiger partial charge on any atom is -0.295 e. The highest BCUT2D eigenvalue weighted by Crippen LogP contribution is 2.07. The molecule has 1 nitrogen and oxygen atoms in total. The van der Waals surface area contributed by atoms with Crippen LogP contribution in [0, 0.1) is 0 Å². The maximum Gasteiger partial charge on any atom is 0.155 e. The molecule has 0 aliphatic heterocycles. The number of hydrogen-bond acceptors (Lipinski definition) is 1. The molecule has 0 rings (SSSR count). The van der Waals surface area contributed by atoms with E-state index in [2.05, 4.69) is 6.58 Å². The lowest BCUT2D eigenvalue weighted by atomic mass is 10.1. The van der Waals surface area contributed by atoms with Crippen molar-refractivity contribution in [3.05, 3.63) is 23.8 Å². The Bertz CT molecular complexity index is 199. The molecule has 0 heterocycles. The van der Waals surface area contributed by atoms with Crippen LogP contribution in [-0.4, -0.2) is 5.78 Å². The van der Waals surface area contributed by atoms with E-state index >= 15 is 0 Å². The number of rotatable bonds is 5. The summed E-state index contributed by atoms with van der Waals surface area (Å²) in [6, 6.07) is 0. The third-order valence-corrected chi connectivity index (χ3v) is 1.79. The molecule has 0 saturated carbocycles. The second-order valence-corrected chi connectivity index (χ2v) is 3.13. The van der Waals surface area contributed by atoms with Crippen LogP contribution >= 0.6 is 0 Å². The van der Waals surface area contributed by atoms with Gasteiger partial charge in [-0.25, -0.2) is 0 Å². The van der Waals surface area contributed by atoms with E-state index in [1.54, 1.807) is 6.92 Å². The minimum absolute atomic E-state index is 0.194. The van der Waals surface area contributed by atoms with Gasteiger partial charge in [-0.15, -0.1) is 6.58 Å². The normalized spacial score (nSPS) is 11.4. The summed E-state index contributed by atoms with van der Waals surface area (Å²) in [6.07, 6.45) is 4.79. The lowest BCUT2D eigenvalue weighted by Gasteiger charge is -1.99. The Morgan fingerprint density at radius 2 is 2.00 bits per heavy atom. The maximum atomic E-state index is 11.0. The largest absolute Gasteiger partial charge is 0.295 e. The van der Waals surface area contributed by atoms with Gasteiger partial charge in [0.1, 0.15) is 0 Å². The fourth-order valence-corrected chi connectivity index (χ4v) is 1.03. The zero-order chi connectivity index (χ0) is 9.56. The van der Waals surface area contributed by atoms with E-state index in [9.17, 15) is 4.79 Å². The van der Waals surface area contributed by atoms with Crippen LogP contribution in [0.25, 0.3) is 0 Å². The van der Waals surface area contributed by atoms with Crippen LogP contribution in [0.15, 0.2) is 23.8 Å². The summed E-state index contributed by atoms with van der Waals surface area (Å²) in [5.74, 6) is 0.194. The quantitative estimate of drug-likeness (QED) is 0.452. The molecule has 0 spiro atoms. The van der Waals surface area contributed by atoms with Crippen LogP contribution in [0.4, 0.5) is 0 Å². The second kappa shape index (κ2) is 5.76. The standard InChI is InChI=1S/C11H18O/c1-5-11(10(4)12)8-6-7-9(2)3/h8H,2,5-7H2,1,3-4H3/b11-8+. The first kappa shape index (κ1) is 11.2. The van der Waals surface area contributed by atoms with Gasteiger partial charge in [-0.2, -0.15) is 0 Å². The maximum absolute atomic E-state index is 11.0.